The van der Waals surface area contributed by atoms with E-state index in [1.165, 1.54) is 0 Å². The van der Waals surface area contributed by atoms with Crippen LogP contribution in [-0.2, 0) is 16.0 Å². The number of hydrogen-bond donors (Lipinski definition) is 2. The Morgan fingerprint density at radius 3 is 2.60 bits per heavy atom. The van der Waals surface area contributed by atoms with Gasteiger partial charge in [0.15, 0.2) is 5.96 Å². The first-order valence-corrected chi connectivity index (χ1v) is 10.9. The number of carbonyl (C=O) groups excluding carboxylic acids is 1. The molecule has 1 saturated heterocycles. The van der Waals surface area contributed by atoms with Gasteiger partial charge in [0.2, 0.25) is 0 Å². The second-order valence-corrected chi connectivity index (χ2v) is 9.56. The van der Waals surface area contributed by atoms with Crippen LogP contribution in [0.15, 0.2) is 10.5 Å². The summed E-state index contributed by atoms with van der Waals surface area (Å²) in [4.78, 5) is 24.6. The van der Waals surface area contributed by atoms with E-state index in [1.54, 1.807) is 16.2 Å². The summed E-state index contributed by atoms with van der Waals surface area (Å²) in [7, 11) is 0. The number of ether oxygens (including phenoxy) is 2. The van der Waals surface area contributed by atoms with Gasteiger partial charge in [-0.15, -0.1) is 35.3 Å². The molecule has 2 N–H and O–H groups in total. The number of halogens is 1. The Morgan fingerprint density at radius 1 is 1.40 bits per heavy atom. The van der Waals surface area contributed by atoms with Gasteiger partial charge < -0.3 is 20.1 Å². The molecule has 1 aliphatic rings. The van der Waals surface area contributed by atoms with Gasteiger partial charge in [0.1, 0.15) is 11.3 Å². The van der Waals surface area contributed by atoms with Gasteiger partial charge in [-0.2, -0.15) is 0 Å². The fourth-order valence-electron chi connectivity index (χ4n) is 3.29. The van der Waals surface area contributed by atoms with Gasteiger partial charge >= 0.3 is 6.09 Å². The SMILES string of the molecule is CCNC(=NCc1scnc1C)NCC1C(C)OC(C)(C)N1C(=O)OC(C)(C)C.I. The van der Waals surface area contributed by atoms with E-state index in [4.69, 9.17) is 9.47 Å². The van der Waals surface area contributed by atoms with Crippen molar-refractivity contribution < 1.29 is 14.3 Å². The average molecular weight is 554 g/mol. The zero-order valence-corrected chi connectivity index (χ0v) is 22.4. The number of rotatable bonds is 5. The lowest BCUT2D eigenvalue weighted by molar-refractivity contribution is -0.0755. The number of carbonyl (C=O) groups is 1. The maximum atomic E-state index is 12.9. The molecule has 1 amide bonds. The minimum Gasteiger partial charge on any atom is -0.444 e. The zero-order valence-electron chi connectivity index (χ0n) is 19.2. The topological polar surface area (TPSA) is 88.1 Å². The minimum absolute atomic E-state index is 0. The van der Waals surface area contributed by atoms with Gasteiger partial charge in [-0.1, -0.05) is 0 Å². The molecule has 1 aromatic rings. The van der Waals surface area contributed by atoms with Crippen LogP contribution in [0.3, 0.4) is 0 Å². The van der Waals surface area contributed by atoms with Crippen molar-refractivity contribution in [3.05, 3.63) is 16.1 Å². The molecule has 2 rings (SSSR count). The molecule has 30 heavy (non-hydrogen) atoms. The Morgan fingerprint density at radius 2 is 2.07 bits per heavy atom. The Kier molecular flexibility index (Phi) is 9.81. The first-order chi connectivity index (χ1) is 13.4. The lowest BCUT2D eigenvalue weighted by Gasteiger charge is -2.35. The molecular weight excluding hydrogens is 517 g/mol. The third-order valence-electron chi connectivity index (χ3n) is 4.57. The summed E-state index contributed by atoms with van der Waals surface area (Å²) >= 11 is 1.60. The Bertz CT molecular complexity index is 732. The van der Waals surface area contributed by atoms with Crippen LogP contribution in [-0.4, -0.2) is 58.5 Å². The highest BCUT2D eigenvalue weighted by molar-refractivity contribution is 14.0. The van der Waals surface area contributed by atoms with Crippen molar-refractivity contribution in [2.24, 2.45) is 4.99 Å². The van der Waals surface area contributed by atoms with Crippen LogP contribution in [0, 0.1) is 6.92 Å². The molecule has 0 aliphatic carbocycles. The molecule has 0 radical (unpaired) electrons. The number of aryl methyl sites for hydroxylation is 1. The van der Waals surface area contributed by atoms with Crippen molar-refractivity contribution in [2.45, 2.75) is 85.4 Å². The van der Waals surface area contributed by atoms with Crippen molar-refractivity contribution in [3.8, 4) is 0 Å². The van der Waals surface area contributed by atoms with E-state index in [9.17, 15) is 4.79 Å². The van der Waals surface area contributed by atoms with Crippen LogP contribution in [0.1, 0.15) is 59.0 Å². The Balaban J connectivity index is 0.00000450. The van der Waals surface area contributed by atoms with Gasteiger partial charge in [0.25, 0.3) is 0 Å². The predicted molar refractivity (Wildman–Crippen MR) is 132 cm³/mol. The van der Waals surface area contributed by atoms with E-state index in [2.05, 4.69) is 20.6 Å². The van der Waals surface area contributed by atoms with Crippen LogP contribution in [0.5, 0.6) is 0 Å². The van der Waals surface area contributed by atoms with Crippen molar-refractivity contribution in [2.75, 3.05) is 13.1 Å². The van der Waals surface area contributed by atoms with E-state index in [1.807, 2.05) is 60.9 Å². The molecule has 0 bridgehead atoms. The minimum atomic E-state index is -0.747. The first-order valence-electron chi connectivity index (χ1n) is 10.1. The number of amides is 1. The number of aliphatic imine (C=N–C) groups is 1. The van der Waals surface area contributed by atoms with Crippen LogP contribution in [0.4, 0.5) is 4.79 Å². The summed E-state index contributed by atoms with van der Waals surface area (Å²) in [6.45, 7) is 17.1. The van der Waals surface area contributed by atoms with Gasteiger partial charge in [-0.25, -0.2) is 14.8 Å². The summed E-state index contributed by atoms with van der Waals surface area (Å²) in [5, 5.41) is 6.61. The van der Waals surface area contributed by atoms with E-state index in [0.717, 1.165) is 17.1 Å². The van der Waals surface area contributed by atoms with Crippen LogP contribution >= 0.6 is 35.3 Å². The van der Waals surface area contributed by atoms with Crippen molar-refractivity contribution in [3.63, 3.8) is 0 Å². The highest BCUT2D eigenvalue weighted by atomic mass is 127. The lowest BCUT2D eigenvalue weighted by Crippen LogP contribution is -2.54. The summed E-state index contributed by atoms with van der Waals surface area (Å²) in [5.74, 6) is 0.696. The molecule has 8 nitrogen and oxygen atoms in total. The highest BCUT2D eigenvalue weighted by Gasteiger charge is 2.49. The van der Waals surface area contributed by atoms with Crippen molar-refractivity contribution >= 4 is 47.4 Å². The van der Waals surface area contributed by atoms with Gasteiger partial charge in [-0.3, -0.25) is 4.90 Å². The average Bonchev–Trinajstić information content (AvgIpc) is 3.07. The van der Waals surface area contributed by atoms with Crippen molar-refractivity contribution in [1.82, 2.24) is 20.5 Å². The summed E-state index contributed by atoms with van der Waals surface area (Å²) < 4.78 is 11.7. The third-order valence-corrected chi connectivity index (χ3v) is 5.49. The zero-order chi connectivity index (χ0) is 21.8. The van der Waals surface area contributed by atoms with E-state index in [0.29, 0.717) is 19.0 Å². The molecule has 2 heterocycles. The number of nitrogens with one attached hydrogen (secondary N) is 2. The van der Waals surface area contributed by atoms with Gasteiger partial charge in [0, 0.05) is 18.0 Å². The molecule has 2 unspecified atom stereocenters. The third kappa shape index (κ3) is 7.23. The monoisotopic (exact) mass is 553 g/mol. The van der Waals surface area contributed by atoms with Crippen molar-refractivity contribution in [1.29, 1.82) is 0 Å². The van der Waals surface area contributed by atoms with Crippen LogP contribution in [0.25, 0.3) is 0 Å². The maximum Gasteiger partial charge on any atom is 0.412 e. The highest BCUT2D eigenvalue weighted by Crippen LogP contribution is 2.33. The van der Waals surface area contributed by atoms with E-state index >= 15 is 0 Å². The molecule has 10 heteroatoms. The predicted octanol–water partition coefficient (Wildman–Crippen LogP) is 3.89. The lowest BCUT2D eigenvalue weighted by atomic mass is 10.1. The van der Waals surface area contributed by atoms with Crippen LogP contribution in [0.2, 0.25) is 0 Å². The molecule has 1 aromatic heterocycles. The molecule has 0 saturated carbocycles. The second-order valence-electron chi connectivity index (χ2n) is 8.62. The normalized spacial score (nSPS) is 21.2. The number of hydrogen-bond acceptors (Lipinski definition) is 6. The largest absolute Gasteiger partial charge is 0.444 e. The second kappa shape index (κ2) is 10.9. The standard InChI is InChI=1S/C20H35N5O3S.HI/c1-9-21-17(23-11-16-13(2)24-12-29-16)22-10-15-14(3)27-20(7,8)25(15)18(26)28-19(4,5)6;/h12,14-15H,9-11H2,1-8H3,(H2,21,22,23);1H. The first kappa shape index (κ1) is 26.9. The summed E-state index contributed by atoms with van der Waals surface area (Å²) in [5.41, 5.74) is 1.52. The van der Waals surface area contributed by atoms with Gasteiger partial charge in [-0.05, 0) is 55.4 Å². The maximum absolute atomic E-state index is 12.9. The number of guanidine groups is 1. The number of aromatic nitrogens is 1. The smallest absolute Gasteiger partial charge is 0.412 e. The molecule has 172 valence electrons. The Labute approximate surface area is 201 Å². The van der Waals surface area contributed by atoms with Gasteiger partial charge in [0.05, 0.1) is 29.9 Å². The van der Waals surface area contributed by atoms with E-state index in [-0.39, 0.29) is 42.2 Å². The number of thiazole rings is 1. The number of nitrogens with zero attached hydrogens (tertiary/aromatic N) is 3. The fraction of sp³-hybridized carbons (Fsp3) is 0.750. The molecule has 2 atom stereocenters. The summed E-state index contributed by atoms with van der Waals surface area (Å²) in [6.07, 6.45) is -0.516. The fourth-order valence-corrected chi connectivity index (χ4v) is 4.00. The molecule has 0 aromatic carbocycles. The molecule has 1 aliphatic heterocycles. The quantitative estimate of drug-likeness (QED) is 0.327. The molecular formula is C20H36IN5O3S. The van der Waals surface area contributed by atoms with Crippen LogP contribution < -0.4 is 10.6 Å². The molecule has 0 spiro atoms. The summed E-state index contributed by atoms with van der Waals surface area (Å²) in [6, 6.07) is -0.186. The molecule has 1 fully saturated rings. The Hall–Kier alpha value is -1.14. The van der Waals surface area contributed by atoms with E-state index < -0.39 is 11.3 Å².